The van der Waals surface area contributed by atoms with E-state index in [4.69, 9.17) is 13.9 Å². The lowest BCUT2D eigenvalue weighted by atomic mass is 10.0. The summed E-state index contributed by atoms with van der Waals surface area (Å²) in [4.78, 5) is 13.0. The Morgan fingerprint density at radius 1 is 0.870 bits per heavy atom. The first-order chi connectivity index (χ1) is 11.2. The molecule has 0 aliphatic heterocycles. The van der Waals surface area contributed by atoms with Crippen molar-refractivity contribution in [2.24, 2.45) is 0 Å². The number of methoxy groups -OCH3 is 2. The highest BCUT2D eigenvalue weighted by atomic mass is 16.5. The van der Waals surface area contributed by atoms with E-state index < -0.39 is 0 Å². The molecule has 0 aliphatic rings. The zero-order chi connectivity index (χ0) is 16.0. The highest BCUT2D eigenvalue weighted by Gasteiger charge is 2.14. The van der Waals surface area contributed by atoms with Crippen molar-refractivity contribution in [3.8, 4) is 11.5 Å². The molecule has 0 saturated heterocycles. The fourth-order valence-corrected chi connectivity index (χ4v) is 2.96. The molecule has 0 unspecified atom stereocenters. The molecule has 0 aliphatic carbocycles. The molecule has 0 fully saturated rings. The Labute approximate surface area is 131 Å². The molecule has 1 heterocycles. The fraction of sp³-hybridized carbons (Fsp3) is 0.105. The van der Waals surface area contributed by atoms with Crippen molar-refractivity contribution in [3.05, 3.63) is 58.8 Å². The first kappa shape index (κ1) is 13.6. The molecule has 4 aromatic rings. The van der Waals surface area contributed by atoms with Crippen LogP contribution in [0.2, 0.25) is 0 Å². The molecule has 0 N–H and O–H groups in total. The molecule has 0 saturated carbocycles. The highest BCUT2D eigenvalue weighted by molar-refractivity contribution is 6.11. The normalized spacial score (nSPS) is 11.2. The van der Waals surface area contributed by atoms with E-state index in [0.717, 1.165) is 10.8 Å². The van der Waals surface area contributed by atoms with Crippen LogP contribution in [-0.2, 0) is 0 Å². The van der Waals surface area contributed by atoms with E-state index in [1.54, 1.807) is 32.4 Å². The van der Waals surface area contributed by atoms with Crippen LogP contribution in [0.1, 0.15) is 0 Å². The number of fused-ring (bicyclic) bond motifs is 4. The molecule has 0 amide bonds. The average molecular weight is 306 g/mol. The molecule has 23 heavy (non-hydrogen) atoms. The van der Waals surface area contributed by atoms with Crippen molar-refractivity contribution < 1.29 is 13.9 Å². The van der Waals surface area contributed by atoms with Gasteiger partial charge in [-0.15, -0.1) is 0 Å². The third-order valence-electron chi connectivity index (χ3n) is 4.07. The maximum Gasteiger partial charge on any atom is 0.201 e. The minimum absolute atomic E-state index is 0.0704. The van der Waals surface area contributed by atoms with Crippen molar-refractivity contribution in [2.75, 3.05) is 14.2 Å². The molecule has 3 aromatic carbocycles. The van der Waals surface area contributed by atoms with Crippen LogP contribution < -0.4 is 14.9 Å². The van der Waals surface area contributed by atoms with Gasteiger partial charge in [0.1, 0.15) is 22.7 Å². The molecule has 1 aromatic heterocycles. The van der Waals surface area contributed by atoms with Gasteiger partial charge in [-0.25, -0.2) is 0 Å². The summed E-state index contributed by atoms with van der Waals surface area (Å²) in [5, 5.41) is 2.78. The molecule has 0 bridgehead atoms. The van der Waals surface area contributed by atoms with Gasteiger partial charge in [-0.2, -0.15) is 0 Å². The highest BCUT2D eigenvalue weighted by Crippen LogP contribution is 2.33. The Bertz CT molecular complexity index is 1110. The average Bonchev–Trinajstić information content (AvgIpc) is 2.60. The third kappa shape index (κ3) is 1.95. The molecule has 0 spiro atoms. The van der Waals surface area contributed by atoms with Crippen LogP contribution in [0.25, 0.3) is 32.7 Å². The molecule has 4 rings (SSSR count). The number of hydrogen-bond donors (Lipinski definition) is 0. The first-order valence-electron chi connectivity index (χ1n) is 7.23. The van der Waals surface area contributed by atoms with Gasteiger partial charge >= 0.3 is 0 Å². The van der Waals surface area contributed by atoms with Crippen LogP contribution >= 0.6 is 0 Å². The second-order valence-electron chi connectivity index (χ2n) is 5.29. The summed E-state index contributed by atoms with van der Waals surface area (Å²) >= 11 is 0. The lowest BCUT2D eigenvalue weighted by molar-refractivity contribution is 0.414. The van der Waals surface area contributed by atoms with Gasteiger partial charge in [0, 0.05) is 11.5 Å². The molecular weight excluding hydrogens is 292 g/mol. The van der Waals surface area contributed by atoms with Crippen LogP contribution in [0.15, 0.2) is 57.7 Å². The van der Waals surface area contributed by atoms with E-state index in [1.807, 2.05) is 30.3 Å². The van der Waals surface area contributed by atoms with E-state index in [1.165, 1.54) is 0 Å². The van der Waals surface area contributed by atoms with E-state index >= 15 is 0 Å². The minimum Gasteiger partial charge on any atom is -0.497 e. The van der Waals surface area contributed by atoms with Gasteiger partial charge in [0.15, 0.2) is 0 Å². The van der Waals surface area contributed by atoms with E-state index in [-0.39, 0.29) is 5.43 Å². The Kier molecular flexibility index (Phi) is 2.98. The van der Waals surface area contributed by atoms with Crippen LogP contribution in [0.5, 0.6) is 11.5 Å². The van der Waals surface area contributed by atoms with Crippen LogP contribution in [0, 0.1) is 0 Å². The monoisotopic (exact) mass is 306 g/mol. The summed E-state index contributed by atoms with van der Waals surface area (Å²) in [5.41, 5.74) is 0.975. The topological polar surface area (TPSA) is 48.7 Å². The van der Waals surface area contributed by atoms with Crippen LogP contribution in [0.4, 0.5) is 0 Å². The summed E-state index contributed by atoms with van der Waals surface area (Å²) < 4.78 is 16.6. The maximum absolute atomic E-state index is 13.0. The maximum atomic E-state index is 13.0. The van der Waals surface area contributed by atoms with Crippen molar-refractivity contribution >= 4 is 32.7 Å². The predicted octanol–water partition coefficient (Wildman–Crippen LogP) is 4.12. The Balaban J connectivity index is 2.25. The summed E-state index contributed by atoms with van der Waals surface area (Å²) in [6.45, 7) is 0. The SMILES string of the molecule is COc1ccc2c(=O)c3c(ccc4cccc(OC)c43)oc2c1. The second-order valence-corrected chi connectivity index (χ2v) is 5.29. The Morgan fingerprint density at radius 3 is 2.52 bits per heavy atom. The van der Waals surface area contributed by atoms with Gasteiger partial charge in [0.25, 0.3) is 0 Å². The van der Waals surface area contributed by atoms with E-state index in [0.29, 0.717) is 33.4 Å². The van der Waals surface area contributed by atoms with Gasteiger partial charge in [0.05, 0.1) is 25.0 Å². The van der Waals surface area contributed by atoms with Gasteiger partial charge in [-0.05, 0) is 29.7 Å². The zero-order valence-corrected chi connectivity index (χ0v) is 12.8. The molecule has 4 nitrogen and oxygen atoms in total. The molecular formula is C19H14O4. The standard InChI is InChI=1S/C19H14O4/c1-21-12-7-8-13-16(10-12)23-15-9-6-11-4-3-5-14(22-2)17(11)18(15)19(13)20/h3-10H,1-2H3. The lowest BCUT2D eigenvalue weighted by Gasteiger charge is -2.09. The molecule has 0 atom stereocenters. The smallest absolute Gasteiger partial charge is 0.201 e. The van der Waals surface area contributed by atoms with Gasteiger partial charge in [-0.3, -0.25) is 4.79 Å². The van der Waals surface area contributed by atoms with Crippen molar-refractivity contribution in [3.63, 3.8) is 0 Å². The Morgan fingerprint density at radius 2 is 1.74 bits per heavy atom. The summed E-state index contributed by atoms with van der Waals surface area (Å²) in [7, 11) is 3.18. The van der Waals surface area contributed by atoms with Crippen molar-refractivity contribution in [1.82, 2.24) is 0 Å². The number of rotatable bonds is 2. The summed E-state index contributed by atoms with van der Waals surface area (Å²) in [5.74, 6) is 1.31. The fourth-order valence-electron chi connectivity index (χ4n) is 2.96. The predicted molar refractivity (Wildman–Crippen MR) is 90.6 cm³/mol. The quantitative estimate of drug-likeness (QED) is 0.413. The first-order valence-corrected chi connectivity index (χ1v) is 7.23. The van der Waals surface area contributed by atoms with Crippen LogP contribution in [0.3, 0.4) is 0 Å². The molecule has 4 heteroatoms. The Hall–Kier alpha value is -3.01. The van der Waals surface area contributed by atoms with Crippen LogP contribution in [-0.4, -0.2) is 14.2 Å². The summed E-state index contributed by atoms with van der Waals surface area (Å²) in [6, 6.07) is 14.7. The molecule has 114 valence electrons. The van der Waals surface area contributed by atoms with E-state index in [2.05, 4.69) is 0 Å². The summed E-state index contributed by atoms with van der Waals surface area (Å²) in [6.07, 6.45) is 0. The molecule has 0 radical (unpaired) electrons. The number of ether oxygens (including phenoxy) is 2. The minimum atomic E-state index is -0.0704. The van der Waals surface area contributed by atoms with Crippen molar-refractivity contribution in [1.29, 1.82) is 0 Å². The van der Waals surface area contributed by atoms with Crippen molar-refractivity contribution in [2.45, 2.75) is 0 Å². The van der Waals surface area contributed by atoms with E-state index in [9.17, 15) is 4.79 Å². The van der Waals surface area contributed by atoms with Gasteiger partial charge in [0.2, 0.25) is 5.43 Å². The van der Waals surface area contributed by atoms with Gasteiger partial charge < -0.3 is 13.9 Å². The lowest BCUT2D eigenvalue weighted by Crippen LogP contribution is -2.03. The third-order valence-corrected chi connectivity index (χ3v) is 4.07. The zero-order valence-electron chi connectivity index (χ0n) is 12.8. The second kappa shape index (κ2) is 5.02. The number of benzene rings is 3. The number of hydrogen-bond acceptors (Lipinski definition) is 4. The van der Waals surface area contributed by atoms with Gasteiger partial charge in [-0.1, -0.05) is 18.2 Å². The largest absolute Gasteiger partial charge is 0.497 e.